The third kappa shape index (κ3) is 4.85. The van der Waals surface area contributed by atoms with E-state index in [9.17, 15) is 14.7 Å². The zero-order chi connectivity index (χ0) is 7.98. The van der Waals surface area contributed by atoms with E-state index in [1.807, 2.05) is 5.92 Å². The van der Waals surface area contributed by atoms with Crippen LogP contribution in [0.2, 0.25) is 0 Å². The van der Waals surface area contributed by atoms with E-state index in [0.717, 1.165) is 0 Å². The molecule has 0 saturated heterocycles. The first-order chi connectivity index (χ1) is 4.66. The second kappa shape index (κ2) is 4.57. The summed E-state index contributed by atoms with van der Waals surface area (Å²) in [5.74, 6) is 0.378. The number of carboxylic acid groups (broad SMARTS) is 1. The zero-order valence-corrected chi connectivity index (χ0v) is 5.42. The van der Waals surface area contributed by atoms with Gasteiger partial charge in [0.1, 0.15) is 0 Å². The minimum absolute atomic E-state index is 0.104. The van der Waals surface area contributed by atoms with E-state index in [0.29, 0.717) is 0 Å². The predicted octanol–water partition coefficient (Wildman–Crippen LogP) is -0.891. The van der Waals surface area contributed by atoms with Crippen molar-refractivity contribution < 1.29 is 14.7 Å². The minimum Gasteiger partial charge on any atom is -0.550 e. The lowest BCUT2D eigenvalue weighted by Gasteiger charge is -1.97. The largest absolute Gasteiger partial charge is 0.550 e. The Morgan fingerprint density at radius 2 is 2.00 bits per heavy atom. The van der Waals surface area contributed by atoms with Gasteiger partial charge in [-0.2, -0.15) is 0 Å². The lowest BCUT2D eigenvalue weighted by Crippen LogP contribution is -2.21. The number of rotatable bonds is 4. The standard InChI is InChI=1S/C7H8O3/c1-2-6(8)4-3-5-7(9)10/h1H,3-5H2,(H,9,10)/p-1. The van der Waals surface area contributed by atoms with Gasteiger partial charge in [-0.3, -0.25) is 4.79 Å². The summed E-state index contributed by atoms with van der Waals surface area (Å²) in [5.41, 5.74) is 0. The van der Waals surface area contributed by atoms with Gasteiger partial charge in [0.2, 0.25) is 5.78 Å². The van der Waals surface area contributed by atoms with Crippen LogP contribution in [0.15, 0.2) is 0 Å². The van der Waals surface area contributed by atoms with Gasteiger partial charge in [-0.1, -0.05) is 0 Å². The maximum absolute atomic E-state index is 10.3. The molecular weight excluding hydrogens is 132 g/mol. The molecule has 0 spiro atoms. The molecule has 0 bridgehead atoms. The third-order valence-electron chi connectivity index (χ3n) is 0.946. The van der Waals surface area contributed by atoms with Gasteiger partial charge in [0.25, 0.3) is 0 Å². The maximum Gasteiger partial charge on any atom is 0.205 e. The Morgan fingerprint density at radius 1 is 1.40 bits per heavy atom. The molecule has 3 nitrogen and oxygen atoms in total. The molecule has 0 N–H and O–H groups in total. The number of aliphatic carboxylic acids is 1. The van der Waals surface area contributed by atoms with E-state index in [4.69, 9.17) is 6.42 Å². The van der Waals surface area contributed by atoms with Crippen LogP contribution in [0.1, 0.15) is 19.3 Å². The van der Waals surface area contributed by atoms with Gasteiger partial charge < -0.3 is 9.90 Å². The molecule has 0 radical (unpaired) electrons. The molecule has 0 saturated carbocycles. The van der Waals surface area contributed by atoms with E-state index in [1.165, 1.54) is 0 Å². The Bertz CT molecular complexity index is 176. The Labute approximate surface area is 59.0 Å². The highest BCUT2D eigenvalue weighted by Crippen LogP contribution is 1.93. The lowest BCUT2D eigenvalue weighted by atomic mass is 10.2. The highest BCUT2D eigenvalue weighted by Gasteiger charge is 1.95. The summed E-state index contributed by atoms with van der Waals surface area (Å²) in [7, 11) is 0. The van der Waals surface area contributed by atoms with Crippen LogP contribution >= 0.6 is 0 Å². The molecule has 54 valence electrons. The summed E-state index contributed by atoms with van der Waals surface area (Å²) in [5, 5.41) is 9.80. The van der Waals surface area contributed by atoms with Crippen molar-refractivity contribution in [2.24, 2.45) is 0 Å². The number of carboxylic acids is 1. The van der Waals surface area contributed by atoms with Crippen molar-refractivity contribution in [3.63, 3.8) is 0 Å². The van der Waals surface area contributed by atoms with Crippen LogP contribution < -0.4 is 5.11 Å². The third-order valence-corrected chi connectivity index (χ3v) is 0.946. The smallest absolute Gasteiger partial charge is 0.205 e. The number of carbonyl (C=O) groups is 2. The molecule has 0 aliphatic rings. The number of Topliss-reactive ketones (excluding diaryl/α,β-unsaturated/α-hetero) is 1. The highest BCUT2D eigenvalue weighted by atomic mass is 16.4. The second-order valence-corrected chi connectivity index (χ2v) is 1.79. The van der Waals surface area contributed by atoms with Crippen molar-refractivity contribution >= 4 is 11.8 Å². The number of terminal acetylenes is 1. The van der Waals surface area contributed by atoms with Crippen LogP contribution in [0.4, 0.5) is 0 Å². The van der Waals surface area contributed by atoms with Crippen molar-refractivity contribution in [3.05, 3.63) is 0 Å². The fraction of sp³-hybridized carbons (Fsp3) is 0.429. The predicted molar refractivity (Wildman–Crippen MR) is 32.7 cm³/mol. The van der Waals surface area contributed by atoms with Crippen LogP contribution in [0, 0.1) is 12.3 Å². The molecule has 0 aromatic heterocycles. The number of hydrogen-bond acceptors (Lipinski definition) is 3. The van der Waals surface area contributed by atoms with Crippen molar-refractivity contribution in [1.82, 2.24) is 0 Å². The Kier molecular flexibility index (Phi) is 3.97. The monoisotopic (exact) mass is 139 g/mol. The molecule has 3 heteroatoms. The summed E-state index contributed by atoms with van der Waals surface area (Å²) >= 11 is 0. The van der Waals surface area contributed by atoms with Gasteiger partial charge >= 0.3 is 0 Å². The van der Waals surface area contributed by atoms with Crippen LogP contribution in [-0.2, 0) is 9.59 Å². The van der Waals surface area contributed by atoms with Crippen LogP contribution in [0.25, 0.3) is 0 Å². The average molecular weight is 139 g/mol. The molecule has 0 aliphatic heterocycles. The summed E-state index contributed by atoms with van der Waals surface area (Å²) in [6.07, 6.45) is 5.02. The van der Waals surface area contributed by atoms with Gasteiger partial charge in [0.15, 0.2) is 0 Å². The molecule has 0 aliphatic carbocycles. The summed E-state index contributed by atoms with van der Waals surface area (Å²) < 4.78 is 0. The Morgan fingerprint density at radius 3 is 2.40 bits per heavy atom. The van der Waals surface area contributed by atoms with Gasteiger partial charge in [0, 0.05) is 12.4 Å². The first kappa shape index (κ1) is 8.70. The first-order valence-corrected chi connectivity index (χ1v) is 2.86. The SMILES string of the molecule is C#CC(=O)CCCC(=O)[O-]. The normalized spacial score (nSPS) is 8.30. The molecule has 0 rings (SSSR count). The molecule has 0 atom stereocenters. The van der Waals surface area contributed by atoms with E-state index < -0.39 is 5.97 Å². The number of ketones is 1. The summed E-state index contributed by atoms with van der Waals surface area (Å²) in [6, 6.07) is 0. The van der Waals surface area contributed by atoms with Crippen molar-refractivity contribution in [3.8, 4) is 12.3 Å². The van der Waals surface area contributed by atoms with E-state index in [2.05, 4.69) is 0 Å². The average Bonchev–Trinajstić information content (AvgIpc) is 1.87. The van der Waals surface area contributed by atoms with Crippen LogP contribution in [-0.4, -0.2) is 11.8 Å². The highest BCUT2D eigenvalue weighted by molar-refractivity contribution is 5.94. The topological polar surface area (TPSA) is 57.2 Å². The van der Waals surface area contributed by atoms with Crippen molar-refractivity contribution in [2.75, 3.05) is 0 Å². The van der Waals surface area contributed by atoms with E-state index in [-0.39, 0.29) is 25.0 Å². The Balaban J connectivity index is 3.31. The number of hydrogen-bond donors (Lipinski definition) is 0. The second-order valence-electron chi connectivity index (χ2n) is 1.79. The first-order valence-electron chi connectivity index (χ1n) is 2.86. The minimum atomic E-state index is -1.15. The molecule has 0 aromatic rings. The molecule has 0 heterocycles. The lowest BCUT2D eigenvalue weighted by molar-refractivity contribution is -0.305. The van der Waals surface area contributed by atoms with E-state index >= 15 is 0 Å². The van der Waals surface area contributed by atoms with Crippen LogP contribution in [0.3, 0.4) is 0 Å². The maximum atomic E-state index is 10.3. The van der Waals surface area contributed by atoms with Gasteiger partial charge in [-0.25, -0.2) is 0 Å². The van der Waals surface area contributed by atoms with Gasteiger partial charge in [-0.15, -0.1) is 6.42 Å². The molecule has 10 heavy (non-hydrogen) atoms. The quantitative estimate of drug-likeness (QED) is 0.375. The molecule has 0 fully saturated rings. The molecule has 0 amide bonds. The fourth-order valence-electron chi connectivity index (χ4n) is 0.465. The van der Waals surface area contributed by atoms with Crippen molar-refractivity contribution in [2.45, 2.75) is 19.3 Å². The van der Waals surface area contributed by atoms with Crippen LogP contribution in [0.5, 0.6) is 0 Å². The van der Waals surface area contributed by atoms with Gasteiger partial charge in [0.05, 0.1) is 0 Å². The molecule has 0 aromatic carbocycles. The zero-order valence-electron chi connectivity index (χ0n) is 5.42. The molecular formula is C7H7O3-. The van der Waals surface area contributed by atoms with Crippen molar-refractivity contribution in [1.29, 1.82) is 0 Å². The fourth-order valence-corrected chi connectivity index (χ4v) is 0.465. The van der Waals surface area contributed by atoms with E-state index in [1.54, 1.807) is 0 Å². The summed E-state index contributed by atoms with van der Waals surface area (Å²) in [6.45, 7) is 0. The molecule has 0 unspecified atom stereocenters. The Hall–Kier alpha value is -1.30. The van der Waals surface area contributed by atoms with Gasteiger partial charge in [-0.05, 0) is 18.8 Å². The number of carbonyl (C=O) groups excluding carboxylic acids is 2. The summed E-state index contributed by atoms with van der Waals surface area (Å²) in [4.78, 5) is 20.1.